The van der Waals surface area contributed by atoms with Crippen molar-refractivity contribution in [2.45, 2.75) is 19.5 Å². The quantitative estimate of drug-likeness (QED) is 0.718. The second-order valence-electron chi connectivity index (χ2n) is 7.25. The average Bonchev–Trinajstić information content (AvgIpc) is 2.74. The molecule has 1 aliphatic heterocycles. The van der Waals surface area contributed by atoms with Crippen LogP contribution in [0.3, 0.4) is 0 Å². The molecule has 4 rings (SSSR count). The van der Waals surface area contributed by atoms with E-state index in [0.29, 0.717) is 13.0 Å². The van der Waals surface area contributed by atoms with Crippen molar-refractivity contribution >= 4 is 16.7 Å². The molecule has 3 aromatic rings. The number of nitrogens with one attached hydrogen (secondary N) is 1. The molecule has 4 heteroatoms. The van der Waals surface area contributed by atoms with Gasteiger partial charge in [0.1, 0.15) is 0 Å². The lowest BCUT2D eigenvalue weighted by Crippen LogP contribution is -2.36. The SMILES string of the molecule is O=C(Cc1cccc2ccccc12)NCc1ccccc1CN1CCOCC1. The normalized spacial score (nSPS) is 14.9. The second kappa shape index (κ2) is 9.00. The zero-order valence-corrected chi connectivity index (χ0v) is 16.1. The van der Waals surface area contributed by atoms with Crippen molar-refractivity contribution < 1.29 is 9.53 Å². The summed E-state index contributed by atoms with van der Waals surface area (Å²) in [6.07, 6.45) is 0.396. The van der Waals surface area contributed by atoms with Gasteiger partial charge in [-0.15, -0.1) is 0 Å². The van der Waals surface area contributed by atoms with Crippen LogP contribution in [-0.4, -0.2) is 37.1 Å². The molecule has 1 heterocycles. The number of carbonyl (C=O) groups is 1. The Labute approximate surface area is 166 Å². The van der Waals surface area contributed by atoms with E-state index in [9.17, 15) is 4.79 Å². The predicted octanol–water partition coefficient (Wildman–Crippen LogP) is 3.53. The van der Waals surface area contributed by atoms with E-state index in [4.69, 9.17) is 4.74 Å². The average molecular weight is 374 g/mol. The Balaban J connectivity index is 1.39. The lowest BCUT2D eigenvalue weighted by molar-refractivity contribution is -0.120. The van der Waals surface area contributed by atoms with E-state index in [1.54, 1.807) is 0 Å². The molecule has 28 heavy (non-hydrogen) atoms. The number of rotatable bonds is 6. The second-order valence-corrected chi connectivity index (χ2v) is 7.25. The van der Waals surface area contributed by atoms with Crippen molar-refractivity contribution in [1.82, 2.24) is 10.2 Å². The molecule has 0 radical (unpaired) electrons. The van der Waals surface area contributed by atoms with Crippen LogP contribution in [0.15, 0.2) is 66.7 Å². The fourth-order valence-corrected chi connectivity index (χ4v) is 3.76. The van der Waals surface area contributed by atoms with Crippen molar-refractivity contribution in [2.75, 3.05) is 26.3 Å². The maximum Gasteiger partial charge on any atom is 0.224 e. The third-order valence-corrected chi connectivity index (χ3v) is 5.32. The number of fused-ring (bicyclic) bond motifs is 1. The first-order valence-electron chi connectivity index (χ1n) is 9.90. The monoisotopic (exact) mass is 374 g/mol. The summed E-state index contributed by atoms with van der Waals surface area (Å²) in [5, 5.41) is 5.42. The van der Waals surface area contributed by atoms with Gasteiger partial charge in [-0.2, -0.15) is 0 Å². The summed E-state index contributed by atoms with van der Waals surface area (Å²) < 4.78 is 5.44. The summed E-state index contributed by atoms with van der Waals surface area (Å²) >= 11 is 0. The summed E-state index contributed by atoms with van der Waals surface area (Å²) in [6, 6.07) is 22.7. The standard InChI is InChI=1S/C24H26N2O2/c27-24(16-20-10-5-9-19-6-3-4-11-23(19)20)25-17-21-7-1-2-8-22(21)18-26-12-14-28-15-13-26/h1-11H,12-18H2,(H,25,27). The Bertz CT molecular complexity index is 943. The van der Waals surface area contributed by atoms with Crippen LogP contribution in [0.2, 0.25) is 0 Å². The molecular weight excluding hydrogens is 348 g/mol. The largest absolute Gasteiger partial charge is 0.379 e. The summed E-state index contributed by atoms with van der Waals surface area (Å²) in [4.78, 5) is 15.0. The minimum absolute atomic E-state index is 0.0533. The van der Waals surface area contributed by atoms with E-state index in [1.807, 2.05) is 30.3 Å². The van der Waals surface area contributed by atoms with Crippen molar-refractivity contribution in [2.24, 2.45) is 0 Å². The van der Waals surface area contributed by atoms with Gasteiger partial charge in [0, 0.05) is 26.2 Å². The van der Waals surface area contributed by atoms with Crippen LogP contribution in [0.1, 0.15) is 16.7 Å². The Hall–Kier alpha value is -2.69. The van der Waals surface area contributed by atoms with E-state index in [0.717, 1.165) is 43.8 Å². The fourth-order valence-electron chi connectivity index (χ4n) is 3.76. The zero-order valence-electron chi connectivity index (χ0n) is 16.1. The molecule has 0 bridgehead atoms. The van der Waals surface area contributed by atoms with Gasteiger partial charge in [-0.1, -0.05) is 66.7 Å². The Morgan fingerprint density at radius 3 is 2.39 bits per heavy atom. The van der Waals surface area contributed by atoms with Crippen LogP contribution < -0.4 is 5.32 Å². The molecule has 1 saturated heterocycles. The highest BCUT2D eigenvalue weighted by Crippen LogP contribution is 2.19. The molecule has 3 aromatic carbocycles. The van der Waals surface area contributed by atoms with Gasteiger partial charge in [-0.25, -0.2) is 0 Å². The van der Waals surface area contributed by atoms with E-state index in [2.05, 4.69) is 46.6 Å². The first kappa shape index (κ1) is 18.7. The van der Waals surface area contributed by atoms with Gasteiger partial charge in [-0.3, -0.25) is 9.69 Å². The van der Waals surface area contributed by atoms with Crippen LogP contribution >= 0.6 is 0 Å². The molecule has 0 atom stereocenters. The molecule has 1 aliphatic rings. The van der Waals surface area contributed by atoms with Gasteiger partial charge in [0.2, 0.25) is 5.91 Å². The third-order valence-electron chi connectivity index (χ3n) is 5.32. The fraction of sp³-hybridized carbons (Fsp3) is 0.292. The Morgan fingerprint density at radius 1 is 0.857 bits per heavy atom. The maximum atomic E-state index is 12.6. The van der Waals surface area contributed by atoms with Crippen LogP contribution in [0, 0.1) is 0 Å². The minimum Gasteiger partial charge on any atom is -0.379 e. The molecule has 4 nitrogen and oxygen atoms in total. The number of morpholine rings is 1. The molecule has 1 N–H and O–H groups in total. The topological polar surface area (TPSA) is 41.6 Å². The van der Waals surface area contributed by atoms with Gasteiger partial charge in [0.15, 0.2) is 0 Å². The third kappa shape index (κ3) is 4.58. The highest BCUT2D eigenvalue weighted by atomic mass is 16.5. The number of benzene rings is 3. The molecule has 0 spiro atoms. The number of hydrogen-bond acceptors (Lipinski definition) is 3. The lowest BCUT2D eigenvalue weighted by Gasteiger charge is -2.27. The lowest BCUT2D eigenvalue weighted by atomic mass is 10.0. The molecule has 0 saturated carbocycles. The summed E-state index contributed by atoms with van der Waals surface area (Å²) in [6.45, 7) is 4.97. The molecular formula is C24H26N2O2. The van der Waals surface area contributed by atoms with Crippen molar-refractivity contribution in [3.8, 4) is 0 Å². The Morgan fingerprint density at radius 2 is 1.54 bits per heavy atom. The van der Waals surface area contributed by atoms with E-state index < -0.39 is 0 Å². The minimum atomic E-state index is 0.0533. The van der Waals surface area contributed by atoms with Crippen molar-refractivity contribution in [1.29, 1.82) is 0 Å². The van der Waals surface area contributed by atoms with Crippen LogP contribution in [-0.2, 0) is 29.0 Å². The first-order chi connectivity index (χ1) is 13.8. The maximum absolute atomic E-state index is 12.6. The number of carbonyl (C=O) groups excluding carboxylic acids is 1. The number of amides is 1. The van der Waals surface area contributed by atoms with Gasteiger partial charge in [-0.05, 0) is 27.5 Å². The summed E-state index contributed by atoms with van der Waals surface area (Å²) in [5.41, 5.74) is 3.52. The highest BCUT2D eigenvalue weighted by Gasteiger charge is 2.13. The summed E-state index contributed by atoms with van der Waals surface area (Å²) in [7, 11) is 0. The van der Waals surface area contributed by atoms with Crippen molar-refractivity contribution in [3.63, 3.8) is 0 Å². The Kier molecular flexibility index (Phi) is 6.00. The van der Waals surface area contributed by atoms with Gasteiger partial charge >= 0.3 is 0 Å². The molecule has 0 unspecified atom stereocenters. The molecule has 0 aliphatic carbocycles. The molecule has 144 valence electrons. The molecule has 0 aromatic heterocycles. The molecule has 1 amide bonds. The van der Waals surface area contributed by atoms with Gasteiger partial charge < -0.3 is 10.1 Å². The predicted molar refractivity (Wildman–Crippen MR) is 112 cm³/mol. The van der Waals surface area contributed by atoms with E-state index in [-0.39, 0.29) is 5.91 Å². The summed E-state index contributed by atoms with van der Waals surface area (Å²) in [5.74, 6) is 0.0533. The number of nitrogens with zero attached hydrogens (tertiary/aromatic N) is 1. The van der Waals surface area contributed by atoms with Gasteiger partial charge in [0.25, 0.3) is 0 Å². The van der Waals surface area contributed by atoms with E-state index in [1.165, 1.54) is 16.5 Å². The smallest absolute Gasteiger partial charge is 0.224 e. The first-order valence-corrected chi connectivity index (χ1v) is 9.90. The highest BCUT2D eigenvalue weighted by molar-refractivity contribution is 5.90. The zero-order chi connectivity index (χ0) is 19.2. The number of ether oxygens (including phenoxy) is 1. The van der Waals surface area contributed by atoms with Gasteiger partial charge in [0.05, 0.1) is 19.6 Å². The van der Waals surface area contributed by atoms with Crippen LogP contribution in [0.4, 0.5) is 0 Å². The van der Waals surface area contributed by atoms with Crippen molar-refractivity contribution in [3.05, 3.63) is 83.4 Å². The van der Waals surface area contributed by atoms with Crippen LogP contribution in [0.25, 0.3) is 10.8 Å². The number of hydrogen-bond donors (Lipinski definition) is 1. The van der Waals surface area contributed by atoms with E-state index >= 15 is 0 Å². The van der Waals surface area contributed by atoms with Crippen LogP contribution in [0.5, 0.6) is 0 Å². The molecule has 1 fully saturated rings.